The van der Waals surface area contributed by atoms with E-state index in [4.69, 9.17) is 16.3 Å². The van der Waals surface area contributed by atoms with Crippen molar-refractivity contribution in [2.45, 2.75) is 24.7 Å². The minimum absolute atomic E-state index is 0.0143. The average Bonchev–Trinajstić information content (AvgIpc) is 2.90. The molecule has 1 aliphatic rings. The van der Waals surface area contributed by atoms with E-state index < -0.39 is 0 Å². The number of carbonyl (C=O) groups excluding carboxylic acids is 2. The maximum absolute atomic E-state index is 13.0. The number of nitrogens with zero attached hydrogens (tertiary/aromatic N) is 5. The Balaban J connectivity index is 1.33. The highest BCUT2D eigenvalue weighted by Gasteiger charge is 2.29. The predicted octanol–water partition coefficient (Wildman–Crippen LogP) is 3.29. The summed E-state index contributed by atoms with van der Waals surface area (Å²) in [6.45, 7) is 4.20. The second-order valence-corrected chi connectivity index (χ2v) is 9.60. The van der Waals surface area contributed by atoms with Gasteiger partial charge in [0.15, 0.2) is 5.16 Å². The van der Waals surface area contributed by atoms with Crippen LogP contribution in [0, 0.1) is 0 Å². The fourth-order valence-corrected chi connectivity index (χ4v) is 4.77. The summed E-state index contributed by atoms with van der Waals surface area (Å²) in [5.41, 5.74) is 1.60. The number of hydrogen-bond donors (Lipinski definition) is 1. The number of aromatic nitrogens is 3. The zero-order valence-corrected chi connectivity index (χ0v) is 21.6. The molecule has 1 fully saturated rings. The van der Waals surface area contributed by atoms with E-state index in [1.54, 1.807) is 49.8 Å². The molecule has 1 atom stereocenters. The number of piperazine rings is 1. The molecule has 4 rings (SSSR count). The standard InChI is InChI=1S/C25H27ClN6O3S/c1-17-15-31(11-12-32(17)24(34)19-3-5-20(35-2)6-4-19)22-13-21(26)29-25(30-22)36-16-23(33)28-14-18-7-9-27-10-8-18/h3-10,13,17H,11-12,14-16H2,1-2H3,(H,28,33). The molecule has 0 spiro atoms. The molecule has 3 heterocycles. The smallest absolute Gasteiger partial charge is 0.254 e. The quantitative estimate of drug-likeness (QED) is 0.271. The normalized spacial score (nSPS) is 15.5. The number of ether oxygens (including phenoxy) is 1. The van der Waals surface area contributed by atoms with Crippen LogP contribution in [0.15, 0.2) is 60.0 Å². The van der Waals surface area contributed by atoms with Crippen LogP contribution in [0.5, 0.6) is 5.75 Å². The SMILES string of the molecule is COc1ccc(C(=O)N2CCN(c3cc(Cl)nc(SCC(=O)NCc4ccncc4)n3)CC2C)cc1. The summed E-state index contributed by atoms with van der Waals surface area (Å²) in [5, 5.41) is 3.61. The van der Waals surface area contributed by atoms with Gasteiger partial charge < -0.3 is 19.9 Å². The second-order valence-electron chi connectivity index (χ2n) is 8.27. The summed E-state index contributed by atoms with van der Waals surface area (Å²) in [6, 6.07) is 12.5. The van der Waals surface area contributed by atoms with Crippen molar-refractivity contribution in [2.24, 2.45) is 0 Å². The molecule has 0 radical (unpaired) electrons. The highest BCUT2D eigenvalue weighted by atomic mass is 35.5. The third kappa shape index (κ3) is 6.64. The van der Waals surface area contributed by atoms with E-state index in [2.05, 4.69) is 25.2 Å². The van der Waals surface area contributed by atoms with Gasteiger partial charge in [0, 0.05) is 56.2 Å². The number of amides is 2. The van der Waals surface area contributed by atoms with Crippen LogP contribution in [0.25, 0.3) is 0 Å². The Morgan fingerprint density at radius 1 is 1.14 bits per heavy atom. The number of carbonyl (C=O) groups is 2. The lowest BCUT2D eigenvalue weighted by atomic mass is 10.1. The molecular weight excluding hydrogens is 500 g/mol. The van der Waals surface area contributed by atoms with Crippen LogP contribution in [0.4, 0.5) is 5.82 Å². The molecule has 1 N–H and O–H groups in total. The minimum Gasteiger partial charge on any atom is -0.497 e. The molecule has 0 aliphatic carbocycles. The lowest BCUT2D eigenvalue weighted by Crippen LogP contribution is -2.54. The highest BCUT2D eigenvalue weighted by Crippen LogP contribution is 2.25. The van der Waals surface area contributed by atoms with E-state index in [-0.39, 0.29) is 23.6 Å². The van der Waals surface area contributed by atoms with Gasteiger partial charge in [-0.05, 0) is 48.9 Å². The van der Waals surface area contributed by atoms with Gasteiger partial charge in [-0.3, -0.25) is 14.6 Å². The van der Waals surface area contributed by atoms with E-state index in [1.165, 1.54) is 11.8 Å². The van der Waals surface area contributed by atoms with Crippen molar-refractivity contribution < 1.29 is 14.3 Å². The van der Waals surface area contributed by atoms with Crippen LogP contribution in [0.3, 0.4) is 0 Å². The Kier molecular flexibility index (Phi) is 8.61. The topological polar surface area (TPSA) is 101 Å². The number of thioether (sulfide) groups is 1. The van der Waals surface area contributed by atoms with Gasteiger partial charge in [-0.25, -0.2) is 9.97 Å². The summed E-state index contributed by atoms with van der Waals surface area (Å²) in [5.74, 6) is 1.43. The first-order valence-corrected chi connectivity index (χ1v) is 12.8. The zero-order valence-electron chi connectivity index (χ0n) is 20.1. The van der Waals surface area contributed by atoms with Gasteiger partial charge in [0.05, 0.1) is 12.9 Å². The number of nitrogens with one attached hydrogen (secondary N) is 1. The molecule has 0 saturated carbocycles. The fourth-order valence-electron chi connectivity index (χ4n) is 3.86. The van der Waals surface area contributed by atoms with E-state index in [1.807, 2.05) is 24.0 Å². The molecule has 1 aromatic carbocycles. The van der Waals surface area contributed by atoms with Gasteiger partial charge in [0.1, 0.15) is 16.7 Å². The van der Waals surface area contributed by atoms with E-state index >= 15 is 0 Å². The molecule has 2 amide bonds. The molecular formula is C25H27ClN6O3S. The van der Waals surface area contributed by atoms with Gasteiger partial charge in [0.25, 0.3) is 5.91 Å². The Hall–Kier alpha value is -3.37. The highest BCUT2D eigenvalue weighted by molar-refractivity contribution is 7.99. The lowest BCUT2D eigenvalue weighted by molar-refractivity contribution is -0.118. The molecule has 1 saturated heterocycles. The number of anilines is 1. The van der Waals surface area contributed by atoms with Crippen molar-refractivity contribution in [1.29, 1.82) is 0 Å². The molecule has 1 aliphatic heterocycles. The molecule has 11 heteroatoms. The van der Waals surface area contributed by atoms with Crippen LogP contribution in [-0.2, 0) is 11.3 Å². The van der Waals surface area contributed by atoms with Gasteiger partial charge in [-0.1, -0.05) is 23.4 Å². The van der Waals surface area contributed by atoms with Crippen molar-refractivity contribution in [2.75, 3.05) is 37.4 Å². The molecule has 1 unspecified atom stereocenters. The van der Waals surface area contributed by atoms with Crippen LogP contribution in [0.2, 0.25) is 5.15 Å². The Morgan fingerprint density at radius 3 is 2.58 bits per heavy atom. The number of benzene rings is 1. The molecule has 9 nitrogen and oxygen atoms in total. The van der Waals surface area contributed by atoms with Crippen molar-refractivity contribution in [1.82, 2.24) is 25.2 Å². The predicted molar refractivity (Wildman–Crippen MR) is 140 cm³/mol. The largest absolute Gasteiger partial charge is 0.497 e. The van der Waals surface area contributed by atoms with E-state index in [0.29, 0.717) is 53.6 Å². The summed E-state index contributed by atoms with van der Waals surface area (Å²) < 4.78 is 5.18. The molecule has 0 bridgehead atoms. The first-order valence-electron chi connectivity index (χ1n) is 11.5. The summed E-state index contributed by atoms with van der Waals surface area (Å²) in [4.78, 5) is 42.1. The molecule has 2 aromatic heterocycles. The van der Waals surface area contributed by atoms with Crippen molar-refractivity contribution >= 4 is 41.0 Å². The van der Waals surface area contributed by atoms with Crippen LogP contribution < -0.4 is 15.0 Å². The number of methoxy groups -OCH3 is 1. The zero-order chi connectivity index (χ0) is 25.5. The second kappa shape index (κ2) is 12.0. The van der Waals surface area contributed by atoms with E-state index in [0.717, 1.165) is 5.56 Å². The van der Waals surface area contributed by atoms with Crippen LogP contribution in [-0.4, -0.2) is 70.2 Å². The maximum atomic E-state index is 13.0. The van der Waals surface area contributed by atoms with Crippen molar-refractivity contribution in [3.8, 4) is 5.75 Å². The molecule has 36 heavy (non-hydrogen) atoms. The van der Waals surface area contributed by atoms with Gasteiger partial charge in [-0.15, -0.1) is 0 Å². The average molecular weight is 527 g/mol. The first kappa shape index (κ1) is 25.7. The van der Waals surface area contributed by atoms with Crippen LogP contribution in [0.1, 0.15) is 22.8 Å². The van der Waals surface area contributed by atoms with Gasteiger partial charge >= 0.3 is 0 Å². The number of pyridine rings is 1. The molecule has 3 aromatic rings. The van der Waals surface area contributed by atoms with Gasteiger partial charge in [-0.2, -0.15) is 0 Å². The van der Waals surface area contributed by atoms with Crippen molar-refractivity contribution in [3.05, 3.63) is 71.1 Å². The maximum Gasteiger partial charge on any atom is 0.254 e. The third-order valence-electron chi connectivity index (χ3n) is 5.78. The fraction of sp³-hybridized carbons (Fsp3) is 0.320. The minimum atomic E-state index is -0.124. The monoisotopic (exact) mass is 526 g/mol. The lowest BCUT2D eigenvalue weighted by Gasteiger charge is -2.40. The summed E-state index contributed by atoms with van der Waals surface area (Å²) >= 11 is 7.50. The first-order chi connectivity index (χ1) is 17.4. The summed E-state index contributed by atoms with van der Waals surface area (Å²) in [7, 11) is 1.60. The number of rotatable bonds is 8. The van der Waals surface area contributed by atoms with Gasteiger partial charge in [0.2, 0.25) is 5.91 Å². The Bertz CT molecular complexity index is 1200. The van der Waals surface area contributed by atoms with Crippen molar-refractivity contribution in [3.63, 3.8) is 0 Å². The summed E-state index contributed by atoms with van der Waals surface area (Å²) in [6.07, 6.45) is 3.38. The number of halogens is 1. The van der Waals surface area contributed by atoms with Crippen LogP contribution >= 0.6 is 23.4 Å². The Morgan fingerprint density at radius 2 is 1.89 bits per heavy atom. The van der Waals surface area contributed by atoms with E-state index in [9.17, 15) is 9.59 Å². The number of hydrogen-bond acceptors (Lipinski definition) is 8. The Labute approximate surface area is 219 Å². The third-order valence-corrected chi connectivity index (χ3v) is 6.82. The molecule has 188 valence electrons.